The second-order valence-corrected chi connectivity index (χ2v) is 8.92. The maximum absolute atomic E-state index is 12.8. The fourth-order valence-electron chi connectivity index (χ4n) is 3.98. The van der Waals surface area contributed by atoms with E-state index in [4.69, 9.17) is 9.97 Å². The van der Waals surface area contributed by atoms with Gasteiger partial charge in [-0.15, -0.1) is 0 Å². The first-order valence-corrected chi connectivity index (χ1v) is 10.7. The maximum atomic E-state index is 12.8. The molecule has 0 N–H and O–H groups in total. The molecular weight excluding hydrogens is 360 g/mol. The summed E-state index contributed by atoms with van der Waals surface area (Å²) in [5.41, 5.74) is 3.28. The van der Waals surface area contributed by atoms with E-state index in [2.05, 4.69) is 36.1 Å². The van der Waals surface area contributed by atoms with Crippen LogP contribution in [0, 0.1) is 12.3 Å². The van der Waals surface area contributed by atoms with Gasteiger partial charge in [0.1, 0.15) is 11.6 Å². The number of amides is 1. The third-order valence-corrected chi connectivity index (χ3v) is 5.47. The molecule has 0 saturated carbocycles. The normalized spacial score (nSPS) is 15.3. The van der Waals surface area contributed by atoms with E-state index in [1.54, 1.807) is 0 Å². The zero-order valence-corrected chi connectivity index (χ0v) is 18.5. The lowest BCUT2D eigenvalue weighted by Gasteiger charge is -2.29. The van der Waals surface area contributed by atoms with Crippen molar-refractivity contribution in [2.45, 2.75) is 53.9 Å². The van der Waals surface area contributed by atoms with Crippen molar-refractivity contribution in [3.8, 4) is 0 Å². The SMILES string of the molecule is CCc1nc(C)nc(N2CCCN(C(=O)C(C)(C)C)CC2)c1Cc1ccccc1. The average Bonchev–Trinajstić information content (AvgIpc) is 2.94. The van der Waals surface area contributed by atoms with E-state index in [1.165, 1.54) is 11.1 Å². The molecule has 1 aliphatic rings. The molecule has 1 amide bonds. The molecule has 3 rings (SSSR count). The molecule has 1 aliphatic heterocycles. The van der Waals surface area contributed by atoms with Gasteiger partial charge in [-0.3, -0.25) is 4.79 Å². The van der Waals surface area contributed by atoms with Gasteiger partial charge in [-0.2, -0.15) is 0 Å². The lowest BCUT2D eigenvalue weighted by atomic mass is 9.94. The first-order chi connectivity index (χ1) is 13.8. The highest BCUT2D eigenvalue weighted by molar-refractivity contribution is 5.81. The molecule has 0 atom stereocenters. The summed E-state index contributed by atoms with van der Waals surface area (Å²) in [6, 6.07) is 10.5. The van der Waals surface area contributed by atoms with Gasteiger partial charge in [-0.1, -0.05) is 58.0 Å². The Hall–Kier alpha value is -2.43. The summed E-state index contributed by atoms with van der Waals surface area (Å²) in [6.45, 7) is 13.4. The van der Waals surface area contributed by atoms with Crippen molar-refractivity contribution in [3.05, 3.63) is 53.0 Å². The molecule has 5 nitrogen and oxygen atoms in total. The number of hydrogen-bond acceptors (Lipinski definition) is 4. The van der Waals surface area contributed by atoms with Crippen LogP contribution in [0.4, 0.5) is 5.82 Å². The molecule has 0 bridgehead atoms. The van der Waals surface area contributed by atoms with Gasteiger partial charge < -0.3 is 9.80 Å². The minimum absolute atomic E-state index is 0.233. The van der Waals surface area contributed by atoms with Gasteiger partial charge in [-0.25, -0.2) is 9.97 Å². The zero-order chi connectivity index (χ0) is 21.0. The highest BCUT2D eigenvalue weighted by Gasteiger charge is 2.29. The van der Waals surface area contributed by atoms with E-state index in [0.29, 0.717) is 0 Å². The van der Waals surface area contributed by atoms with Gasteiger partial charge in [0.2, 0.25) is 5.91 Å². The minimum Gasteiger partial charge on any atom is -0.354 e. The molecule has 0 radical (unpaired) electrons. The summed E-state index contributed by atoms with van der Waals surface area (Å²) in [6.07, 6.45) is 2.68. The van der Waals surface area contributed by atoms with Crippen LogP contribution in [0.15, 0.2) is 30.3 Å². The molecular formula is C24H34N4O. The Labute approximate surface area is 175 Å². The fraction of sp³-hybridized carbons (Fsp3) is 0.542. The van der Waals surface area contributed by atoms with Crippen molar-refractivity contribution >= 4 is 11.7 Å². The van der Waals surface area contributed by atoms with Crippen LogP contribution in [0.25, 0.3) is 0 Å². The van der Waals surface area contributed by atoms with Crippen molar-refractivity contribution < 1.29 is 4.79 Å². The molecule has 0 unspecified atom stereocenters. The van der Waals surface area contributed by atoms with Crippen LogP contribution in [0.3, 0.4) is 0 Å². The second-order valence-electron chi connectivity index (χ2n) is 8.92. The van der Waals surface area contributed by atoms with Crippen molar-refractivity contribution in [1.82, 2.24) is 14.9 Å². The number of aromatic nitrogens is 2. The van der Waals surface area contributed by atoms with E-state index in [9.17, 15) is 4.79 Å². The Morgan fingerprint density at radius 2 is 1.76 bits per heavy atom. The van der Waals surface area contributed by atoms with Gasteiger partial charge in [0.15, 0.2) is 0 Å². The van der Waals surface area contributed by atoms with Gasteiger partial charge in [0, 0.05) is 49.3 Å². The van der Waals surface area contributed by atoms with Crippen LogP contribution in [0.5, 0.6) is 0 Å². The quantitative estimate of drug-likeness (QED) is 0.786. The van der Waals surface area contributed by atoms with Crippen LogP contribution in [0.1, 0.15) is 56.8 Å². The number of anilines is 1. The first kappa shape index (κ1) is 21.3. The van der Waals surface area contributed by atoms with E-state index < -0.39 is 0 Å². The van der Waals surface area contributed by atoms with Crippen LogP contribution in [0.2, 0.25) is 0 Å². The van der Waals surface area contributed by atoms with Crippen LogP contribution >= 0.6 is 0 Å². The van der Waals surface area contributed by atoms with Crippen molar-refractivity contribution in [1.29, 1.82) is 0 Å². The summed E-state index contributed by atoms with van der Waals surface area (Å²) in [4.78, 5) is 26.8. The topological polar surface area (TPSA) is 49.3 Å². The van der Waals surface area contributed by atoms with Gasteiger partial charge in [0.25, 0.3) is 0 Å². The molecule has 5 heteroatoms. The molecule has 156 valence electrons. The fourth-order valence-corrected chi connectivity index (χ4v) is 3.98. The highest BCUT2D eigenvalue weighted by atomic mass is 16.2. The van der Waals surface area contributed by atoms with E-state index in [1.807, 2.05) is 38.7 Å². The summed E-state index contributed by atoms with van der Waals surface area (Å²) in [5, 5.41) is 0. The Morgan fingerprint density at radius 1 is 1.03 bits per heavy atom. The van der Waals surface area contributed by atoms with E-state index in [0.717, 1.165) is 62.8 Å². The first-order valence-electron chi connectivity index (χ1n) is 10.7. The standard InChI is InChI=1S/C24H34N4O/c1-6-21-20(17-19-11-8-7-9-12-19)22(26-18(2)25-21)27-13-10-14-28(16-15-27)23(29)24(3,4)5/h7-9,11-12H,6,10,13-17H2,1-5H3. The predicted molar refractivity (Wildman–Crippen MR) is 118 cm³/mol. The Kier molecular flexibility index (Phi) is 6.56. The minimum atomic E-state index is -0.339. The van der Waals surface area contributed by atoms with Crippen molar-refractivity contribution in [2.75, 3.05) is 31.1 Å². The number of carbonyl (C=O) groups is 1. The number of nitrogens with zero attached hydrogens (tertiary/aromatic N) is 4. The lowest BCUT2D eigenvalue weighted by Crippen LogP contribution is -2.41. The molecule has 1 fully saturated rings. The zero-order valence-electron chi connectivity index (χ0n) is 18.5. The molecule has 29 heavy (non-hydrogen) atoms. The largest absolute Gasteiger partial charge is 0.354 e. The van der Waals surface area contributed by atoms with E-state index in [-0.39, 0.29) is 11.3 Å². The third-order valence-electron chi connectivity index (χ3n) is 5.47. The Bertz CT molecular complexity index is 842. The highest BCUT2D eigenvalue weighted by Crippen LogP contribution is 2.27. The number of hydrogen-bond donors (Lipinski definition) is 0. The molecule has 1 aromatic heterocycles. The van der Waals surface area contributed by atoms with Crippen molar-refractivity contribution in [3.63, 3.8) is 0 Å². The molecule has 2 heterocycles. The second kappa shape index (κ2) is 8.93. The smallest absolute Gasteiger partial charge is 0.228 e. The van der Waals surface area contributed by atoms with Gasteiger partial charge in [0.05, 0.1) is 0 Å². The number of aryl methyl sites for hydroxylation is 2. The molecule has 2 aromatic rings. The summed E-state index contributed by atoms with van der Waals surface area (Å²) in [5.74, 6) is 2.10. The number of benzene rings is 1. The summed E-state index contributed by atoms with van der Waals surface area (Å²) >= 11 is 0. The molecule has 1 saturated heterocycles. The van der Waals surface area contributed by atoms with E-state index >= 15 is 0 Å². The molecule has 0 aliphatic carbocycles. The average molecular weight is 395 g/mol. The predicted octanol–water partition coefficient (Wildman–Crippen LogP) is 4.02. The monoisotopic (exact) mass is 394 g/mol. The van der Waals surface area contributed by atoms with Crippen LogP contribution < -0.4 is 4.90 Å². The summed E-state index contributed by atoms with van der Waals surface area (Å²) in [7, 11) is 0. The van der Waals surface area contributed by atoms with Crippen LogP contribution in [-0.4, -0.2) is 47.0 Å². The Morgan fingerprint density at radius 3 is 2.41 bits per heavy atom. The number of carbonyl (C=O) groups excluding carboxylic acids is 1. The molecule has 0 spiro atoms. The third kappa shape index (κ3) is 5.14. The van der Waals surface area contributed by atoms with Gasteiger partial charge >= 0.3 is 0 Å². The Balaban J connectivity index is 1.89. The number of rotatable bonds is 4. The van der Waals surface area contributed by atoms with Crippen LogP contribution in [-0.2, 0) is 17.6 Å². The maximum Gasteiger partial charge on any atom is 0.228 e. The lowest BCUT2D eigenvalue weighted by molar-refractivity contribution is -0.139. The molecule has 1 aromatic carbocycles. The van der Waals surface area contributed by atoms with Gasteiger partial charge in [-0.05, 0) is 25.3 Å². The van der Waals surface area contributed by atoms with Crippen molar-refractivity contribution in [2.24, 2.45) is 5.41 Å². The summed E-state index contributed by atoms with van der Waals surface area (Å²) < 4.78 is 0.